The van der Waals surface area contributed by atoms with E-state index in [0.29, 0.717) is 11.6 Å². The van der Waals surface area contributed by atoms with Crippen molar-refractivity contribution in [1.82, 2.24) is 0 Å². The number of nitro benzene ring substituents is 1. The van der Waals surface area contributed by atoms with E-state index in [9.17, 15) is 27.7 Å². The van der Waals surface area contributed by atoms with Gasteiger partial charge in [-0.3, -0.25) is 14.8 Å². The summed E-state index contributed by atoms with van der Waals surface area (Å²) >= 11 is 0. The molecule has 10 heteroatoms. The van der Waals surface area contributed by atoms with Gasteiger partial charge in [-0.15, -0.1) is 0 Å². The summed E-state index contributed by atoms with van der Waals surface area (Å²) < 4.78 is 40.5. The fraction of sp³-hybridized carbons (Fsp3) is 0.0714. The van der Waals surface area contributed by atoms with Crippen LogP contribution in [0.1, 0.15) is 15.9 Å². The number of aryl methyl sites for hydroxylation is 1. The van der Waals surface area contributed by atoms with Gasteiger partial charge in [-0.2, -0.15) is 0 Å². The van der Waals surface area contributed by atoms with Crippen LogP contribution in [0.4, 0.5) is 15.8 Å². The smallest absolute Gasteiger partial charge is 0.335 e. The maximum atomic E-state index is 13.8. The second-order valence-corrected chi connectivity index (χ2v) is 6.46. The lowest BCUT2D eigenvalue weighted by atomic mass is 10.2. The van der Waals surface area contributed by atoms with E-state index in [-0.39, 0.29) is 11.4 Å². The van der Waals surface area contributed by atoms with E-state index in [1.54, 1.807) is 0 Å². The highest BCUT2D eigenvalue weighted by molar-refractivity contribution is 7.92. The van der Waals surface area contributed by atoms with Gasteiger partial charge in [-0.05, 0) is 30.7 Å². The molecule has 0 fully saturated rings. The lowest BCUT2D eigenvalue weighted by molar-refractivity contribution is -0.384. The highest BCUT2D eigenvalue weighted by Crippen LogP contribution is 2.26. The van der Waals surface area contributed by atoms with Crippen LogP contribution in [0.2, 0.25) is 0 Å². The van der Waals surface area contributed by atoms with Gasteiger partial charge in [-0.1, -0.05) is 6.07 Å². The van der Waals surface area contributed by atoms with Crippen LogP contribution in [0, 0.1) is 22.9 Å². The topological polar surface area (TPSA) is 127 Å². The van der Waals surface area contributed by atoms with Crippen LogP contribution in [0.3, 0.4) is 0 Å². The van der Waals surface area contributed by atoms with E-state index in [0.717, 1.165) is 18.2 Å². The molecule has 2 aromatic carbocycles. The Labute approximate surface area is 135 Å². The number of nitro groups is 1. The molecule has 0 saturated heterocycles. The van der Waals surface area contributed by atoms with Gasteiger partial charge in [0.1, 0.15) is 10.7 Å². The summed E-state index contributed by atoms with van der Waals surface area (Å²) in [5.74, 6) is -2.56. The number of carbonyl (C=O) groups is 1. The summed E-state index contributed by atoms with van der Waals surface area (Å²) in [5, 5.41) is 19.7. The standard InChI is InChI=1S/C14H11FN2O6S/c1-8-2-4-10(17(20)21)7-12(8)16-24(22,23)13-6-9(14(18)19)3-5-11(13)15/h2-7,16H,1H3,(H,18,19). The molecule has 0 radical (unpaired) electrons. The van der Waals surface area contributed by atoms with Crippen LogP contribution >= 0.6 is 0 Å². The maximum absolute atomic E-state index is 13.8. The number of aromatic carboxylic acids is 1. The van der Waals surface area contributed by atoms with Gasteiger partial charge < -0.3 is 5.11 Å². The Bertz CT molecular complexity index is 942. The number of nitrogens with one attached hydrogen (secondary N) is 1. The normalized spacial score (nSPS) is 11.1. The van der Waals surface area contributed by atoms with Crippen molar-refractivity contribution >= 4 is 27.4 Å². The second-order valence-electron chi connectivity index (χ2n) is 4.81. The summed E-state index contributed by atoms with van der Waals surface area (Å²) in [6.45, 7) is 1.51. The molecule has 2 rings (SSSR count). The molecule has 126 valence electrons. The molecule has 0 aliphatic carbocycles. The lowest BCUT2D eigenvalue weighted by Crippen LogP contribution is -2.16. The number of hydrogen-bond acceptors (Lipinski definition) is 5. The van der Waals surface area contributed by atoms with Gasteiger partial charge in [0.15, 0.2) is 0 Å². The lowest BCUT2D eigenvalue weighted by Gasteiger charge is -2.11. The van der Waals surface area contributed by atoms with Crippen molar-refractivity contribution in [2.24, 2.45) is 0 Å². The first-order valence-electron chi connectivity index (χ1n) is 6.42. The number of benzene rings is 2. The molecule has 0 amide bonds. The molecule has 0 bridgehead atoms. The van der Waals surface area contributed by atoms with Crippen LogP contribution < -0.4 is 4.72 Å². The van der Waals surface area contributed by atoms with Crippen molar-refractivity contribution < 1.29 is 27.6 Å². The highest BCUT2D eigenvalue weighted by atomic mass is 32.2. The summed E-state index contributed by atoms with van der Waals surface area (Å²) in [6, 6.07) is 5.84. The predicted molar refractivity (Wildman–Crippen MR) is 82.0 cm³/mol. The SMILES string of the molecule is Cc1ccc([N+](=O)[O-])cc1NS(=O)(=O)c1cc(C(=O)O)ccc1F. The maximum Gasteiger partial charge on any atom is 0.335 e. The number of nitrogens with zero attached hydrogens (tertiary/aromatic N) is 1. The van der Waals surface area contributed by atoms with Crippen molar-refractivity contribution in [3.8, 4) is 0 Å². The van der Waals surface area contributed by atoms with Crippen LogP contribution in [-0.2, 0) is 10.0 Å². The fourth-order valence-electron chi connectivity index (χ4n) is 1.88. The molecule has 0 spiro atoms. The van der Waals surface area contributed by atoms with E-state index in [1.807, 2.05) is 4.72 Å². The number of anilines is 1. The molecule has 0 aliphatic rings. The molecule has 8 nitrogen and oxygen atoms in total. The minimum absolute atomic E-state index is 0.107. The summed E-state index contributed by atoms with van der Waals surface area (Å²) in [5.41, 5.74) is -0.492. The van der Waals surface area contributed by atoms with Crippen molar-refractivity contribution in [1.29, 1.82) is 0 Å². The number of hydrogen-bond donors (Lipinski definition) is 2. The summed E-state index contributed by atoms with van der Waals surface area (Å²) in [6.07, 6.45) is 0. The number of sulfonamides is 1. The van der Waals surface area contributed by atoms with Crippen LogP contribution in [0.25, 0.3) is 0 Å². The van der Waals surface area contributed by atoms with Crippen LogP contribution in [0.5, 0.6) is 0 Å². The number of carboxylic acids is 1. The third kappa shape index (κ3) is 3.49. The van der Waals surface area contributed by atoms with E-state index in [4.69, 9.17) is 5.11 Å². The Morgan fingerprint density at radius 2 is 1.92 bits per heavy atom. The van der Waals surface area contributed by atoms with Crippen molar-refractivity contribution in [2.75, 3.05) is 4.72 Å². The van der Waals surface area contributed by atoms with Gasteiger partial charge in [0.25, 0.3) is 15.7 Å². The van der Waals surface area contributed by atoms with Gasteiger partial charge >= 0.3 is 5.97 Å². The largest absolute Gasteiger partial charge is 0.478 e. The molecule has 0 aliphatic heterocycles. The first-order valence-corrected chi connectivity index (χ1v) is 7.91. The Hall–Kier alpha value is -3.01. The van der Waals surface area contributed by atoms with Crippen molar-refractivity contribution in [3.05, 3.63) is 63.5 Å². The zero-order chi connectivity index (χ0) is 18.1. The Morgan fingerprint density at radius 3 is 2.50 bits per heavy atom. The number of halogens is 1. The molecule has 2 aromatic rings. The van der Waals surface area contributed by atoms with Gasteiger partial charge in [0, 0.05) is 12.1 Å². The third-order valence-electron chi connectivity index (χ3n) is 3.14. The Kier molecular flexibility index (Phi) is 4.51. The summed E-state index contributed by atoms with van der Waals surface area (Å²) in [4.78, 5) is 20.1. The van der Waals surface area contributed by atoms with Crippen LogP contribution in [0.15, 0.2) is 41.3 Å². The number of carboxylic acid groups (broad SMARTS) is 1. The molecule has 2 N–H and O–H groups in total. The molecule has 0 aromatic heterocycles. The quantitative estimate of drug-likeness (QED) is 0.627. The fourth-order valence-corrected chi connectivity index (χ4v) is 3.10. The highest BCUT2D eigenvalue weighted by Gasteiger charge is 2.23. The second kappa shape index (κ2) is 6.24. The third-order valence-corrected chi connectivity index (χ3v) is 4.52. The Balaban J connectivity index is 2.50. The minimum Gasteiger partial charge on any atom is -0.478 e. The molecule has 0 unspecified atom stereocenters. The zero-order valence-corrected chi connectivity index (χ0v) is 13.0. The van der Waals surface area contributed by atoms with Gasteiger partial charge in [-0.25, -0.2) is 17.6 Å². The van der Waals surface area contributed by atoms with Gasteiger partial charge in [0.05, 0.1) is 16.2 Å². The monoisotopic (exact) mass is 354 g/mol. The average molecular weight is 354 g/mol. The first kappa shape index (κ1) is 17.3. The molecule has 0 saturated carbocycles. The molecule has 24 heavy (non-hydrogen) atoms. The van der Waals surface area contributed by atoms with E-state index in [1.165, 1.54) is 19.1 Å². The molecule has 0 atom stereocenters. The minimum atomic E-state index is -4.48. The van der Waals surface area contributed by atoms with E-state index in [2.05, 4.69) is 0 Å². The number of rotatable bonds is 5. The van der Waals surface area contributed by atoms with Gasteiger partial charge in [0.2, 0.25) is 0 Å². The Morgan fingerprint density at radius 1 is 1.25 bits per heavy atom. The average Bonchev–Trinajstić information content (AvgIpc) is 2.49. The van der Waals surface area contributed by atoms with E-state index >= 15 is 0 Å². The summed E-state index contributed by atoms with van der Waals surface area (Å²) in [7, 11) is -4.48. The van der Waals surface area contributed by atoms with Crippen molar-refractivity contribution in [3.63, 3.8) is 0 Å². The predicted octanol–water partition coefficient (Wildman–Crippen LogP) is 2.54. The molecule has 0 heterocycles. The zero-order valence-electron chi connectivity index (χ0n) is 12.2. The number of non-ortho nitro benzene ring substituents is 1. The van der Waals surface area contributed by atoms with Crippen LogP contribution in [-0.4, -0.2) is 24.4 Å². The molecular formula is C14H11FN2O6S. The molecular weight excluding hydrogens is 343 g/mol. The van der Waals surface area contributed by atoms with Crippen molar-refractivity contribution in [2.45, 2.75) is 11.8 Å². The van der Waals surface area contributed by atoms with E-state index < -0.39 is 37.2 Å². The first-order chi connectivity index (χ1) is 11.1.